The van der Waals surface area contributed by atoms with Crippen LogP contribution < -0.4 is 10.2 Å². The van der Waals surface area contributed by atoms with E-state index in [2.05, 4.69) is 0 Å². The molecule has 0 amide bonds. The van der Waals surface area contributed by atoms with Crippen molar-refractivity contribution in [3.05, 3.63) is 51.3 Å². The van der Waals surface area contributed by atoms with E-state index in [0.29, 0.717) is 23.4 Å². The fourth-order valence-corrected chi connectivity index (χ4v) is 3.57. The van der Waals surface area contributed by atoms with E-state index in [1.807, 2.05) is 17.6 Å². The molecule has 3 rings (SSSR count). The number of aromatic nitrogens is 1. The van der Waals surface area contributed by atoms with Crippen molar-refractivity contribution < 1.29 is 28.2 Å². The first-order chi connectivity index (χ1) is 13.3. The quantitative estimate of drug-likeness (QED) is 0.779. The number of methoxy groups -OCH3 is 1. The number of carboxylic acid groups (broad SMARTS) is 1. The highest BCUT2D eigenvalue weighted by atomic mass is 19.3. The number of carbonyl (C=O) groups is 1. The number of nitrogens with zero attached hydrogens (tertiary/aromatic N) is 1. The highest BCUT2D eigenvalue weighted by Crippen LogP contribution is 2.39. The Balaban J connectivity index is 2.09. The number of fused-ring (bicyclic) bond motifs is 3. The van der Waals surface area contributed by atoms with Gasteiger partial charge < -0.3 is 19.1 Å². The van der Waals surface area contributed by atoms with Crippen molar-refractivity contribution in [2.24, 2.45) is 0 Å². The van der Waals surface area contributed by atoms with Crippen molar-refractivity contribution in [2.45, 2.75) is 38.8 Å². The molecule has 1 atom stereocenters. The molecule has 1 aliphatic heterocycles. The molecule has 2 heterocycles. The molecule has 1 aromatic carbocycles. The van der Waals surface area contributed by atoms with E-state index < -0.39 is 24.4 Å². The molecule has 2 aromatic rings. The van der Waals surface area contributed by atoms with Gasteiger partial charge in [-0.05, 0) is 30.5 Å². The summed E-state index contributed by atoms with van der Waals surface area (Å²) < 4.78 is 37.0. The molecule has 28 heavy (non-hydrogen) atoms. The van der Waals surface area contributed by atoms with Crippen LogP contribution in [-0.4, -0.2) is 35.8 Å². The van der Waals surface area contributed by atoms with Gasteiger partial charge in [-0.1, -0.05) is 6.92 Å². The largest absolute Gasteiger partial charge is 0.496 e. The summed E-state index contributed by atoms with van der Waals surface area (Å²) in [5, 5.41) is 9.26. The predicted octanol–water partition coefficient (Wildman–Crippen LogP) is 3.51. The molecule has 150 valence electrons. The maximum atomic E-state index is 12.4. The van der Waals surface area contributed by atoms with Gasteiger partial charge in [-0.3, -0.25) is 4.79 Å². The first kappa shape index (κ1) is 20.0. The minimum atomic E-state index is -2.55. The van der Waals surface area contributed by atoms with E-state index in [9.17, 15) is 23.5 Å². The Bertz CT molecular complexity index is 954. The third-order valence-electron chi connectivity index (χ3n) is 4.91. The summed E-state index contributed by atoms with van der Waals surface area (Å²) in [6, 6.07) is 4.90. The minimum Gasteiger partial charge on any atom is -0.496 e. The van der Waals surface area contributed by atoms with Gasteiger partial charge >= 0.3 is 5.97 Å². The van der Waals surface area contributed by atoms with Gasteiger partial charge in [0.1, 0.15) is 17.9 Å². The van der Waals surface area contributed by atoms with E-state index >= 15 is 0 Å². The van der Waals surface area contributed by atoms with Crippen molar-refractivity contribution in [3.8, 4) is 17.0 Å². The Kier molecular flexibility index (Phi) is 5.79. The SMILES string of the molecule is CC[C@H]1Cc2cc(COCC(F)F)c(OC)cc2-c2cc(=O)c(C(=O)O)cn21. The van der Waals surface area contributed by atoms with Crippen LogP contribution in [0, 0.1) is 0 Å². The number of hydrogen-bond donors (Lipinski definition) is 1. The van der Waals surface area contributed by atoms with Crippen molar-refractivity contribution >= 4 is 5.97 Å². The lowest BCUT2D eigenvalue weighted by Crippen LogP contribution is -2.25. The van der Waals surface area contributed by atoms with Crippen LogP contribution in [0.4, 0.5) is 8.78 Å². The smallest absolute Gasteiger partial charge is 0.341 e. The monoisotopic (exact) mass is 393 g/mol. The van der Waals surface area contributed by atoms with E-state index in [1.165, 1.54) is 19.4 Å². The number of aromatic carboxylic acids is 1. The second-order valence-electron chi connectivity index (χ2n) is 6.64. The molecule has 0 spiro atoms. The topological polar surface area (TPSA) is 77.8 Å². The Morgan fingerprint density at radius 3 is 2.71 bits per heavy atom. The molecule has 1 aliphatic rings. The minimum absolute atomic E-state index is 0.0116. The van der Waals surface area contributed by atoms with Gasteiger partial charge in [0, 0.05) is 29.4 Å². The average Bonchev–Trinajstić information content (AvgIpc) is 2.65. The van der Waals surface area contributed by atoms with Crippen LogP contribution in [0.2, 0.25) is 0 Å². The highest BCUT2D eigenvalue weighted by Gasteiger charge is 2.26. The maximum Gasteiger partial charge on any atom is 0.341 e. The zero-order valence-electron chi connectivity index (χ0n) is 15.6. The number of carboxylic acids is 1. The molecule has 0 bridgehead atoms. The molecule has 8 heteroatoms. The standard InChI is InChI=1S/C20H21F2NO5/c1-3-13-5-11-4-12(9-28-10-19(21)22)18(27-2)6-14(11)16-7-17(24)15(20(25)26)8-23(13)16/h4,6-8,13,19H,3,5,9-10H2,1-2H3,(H,25,26)/t13-/m0/s1. The van der Waals surface area contributed by atoms with Gasteiger partial charge in [-0.2, -0.15) is 0 Å². The fourth-order valence-electron chi connectivity index (χ4n) is 3.57. The van der Waals surface area contributed by atoms with Crippen molar-refractivity contribution in [1.82, 2.24) is 4.57 Å². The third-order valence-corrected chi connectivity index (χ3v) is 4.91. The molecule has 6 nitrogen and oxygen atoms in total. The second-order valence-corrected chi connectivity index (χ2v) is 6.64. The number of hydrogen-bond acceptors (Lipinski definition) is 4. The molecule has 0 unspecified atom stereocenters. The first-order valence-corrected chi connectivity index (χ1v) is 8.91. The molecule has 0 radical (unpaired) electrons. The number of rotatable bonds is 7. The van der Waals surface area contributed by atoms with Crippen LogP contribution >= 0.6 is 0 Å². The van der Waals surface area contributed by atoms with Gasteiger partial charge in [0.25, 0.3) is 6.43 Å². The maximum absolute atomic E-state index is 12.4. The molecule has 0 saturated carbocycles. The summed E-state index contributed by atoms with van der Waals surface area (Å²) in [6.45, 7) is 1.31. The number of benzene rings is 1. The summed E-state index contributed by atoms with van der Waals surface area (Å²) in [5.74, 6) is -0.797. The summed E-state index contributed by atoms with van der Waals surface area (Å²) in [5.41, 5.74) is 2.12. The Hall–Kier alpha value is -2.74. The predicted molar refractivity (Wildman–Crippen MR) is 98.3 cm³/mol. The number of ether oxygens (including phenoxy) is 2. The van der Waals surface area contributed by atoms with Gasteiger partial charge in [-0.15, -0.1) is 0 Å². The zero-order valence-corrected chi connectivity index (χ0v) is 15.6. The number of pyridine rings is 1. The fraction of sp³-hybridized carbons (Fsp3) is 0.400. The average molecular weight is 393 g/mol. The van der Waals surface area contributed by atoms with Gasteiger partial charge in [-0.25, -0.2) is 13.6 Å². The van der Waals surface area contributed by atoms with Gasteiger partial charge in [0.2, 0.25) is 0 Å². The molecule has 1 N–H and O–H groups in total. The lowest BCUT2D eigenvalue weighted by Gasteiger charge is -2.31. The van der Waals surface area contributed by atoms with Crippen molar-refractivity contribution in [3.63, 3.8) is 0 Å². The van der Waals surface area contributed by atoms with Gasteiger partial charge in [0.05, 0.1) is 19.4 Å². The lowest BCUT2D eigenvalue weighted by molar-refractivity contribution is 0.00931. The van der Waals surface area contributed by atoms with Crippen molar-refractivity contribution in [1.29, 1.82) is 0 Å². The Morgan fingerprint density at radius 2 is 2.11 bits per heavy atom. The van der Waals surface area contributed by atoms with Crippen LogP contribution in [0.1, 0.15) is 40.9 Å². The molecular weight excluding hydrogens is 372 g/mol. The molecule has 1 aromatic heterocycles. The second kappa shape index (κ2) is 8.10. The summed E-state index contributed by atoms with van der Waals surface area (Å²) in [6.07, 6.45) is 0.197. The van der Waals surface area contributed by atoms with Crippen LogP contribution in [-0.2, 0) is 17.8 Å². The highest BCUT2D eigenvalue weighted by molar-refractivity contribution is 5.87. The van der Waals surface area contributed by atoms with E-state index in [-0.39, 0.29) is 18.2 Å². The normalized spacial score (nSPS) is 15.2. The first-order valence-electron chi connectivity index (χ1n) is 8.91. The molecule has 0 fully saturated rings. The van der Waals surface area contributed by atoms with Crippen LogP contribution in [0.25, 0.3) is 11.3 Å². The van der Waals surface area contributed by atoms with E-state index in [0.717, 1.165) is 17.5 Å². The van der Waals surface area contributed by atoms with Crippen LogP contribution in [0.5, 0.6) is 5.75 Å². The molecule has 0 saturated heterocycles. The van der Waals surface area contributed by atoms with Crippen LogP contribution in [0.3, 0.4) is 0 Å². The Labute approximate surface area is 160 Å². The van der Waals surface area contributed by atoms with E-state index in [4.69, 9.17) is 9.47 Å². The Morgan fingerprint density at radius 1 is 1.36 bits per heavy atom. The third kappa shape index (κ3) is 3.77. The van der Waals surface area contributed by atoms with Gasteiger partial charge in [0.15, 0.2) is 5.43 Å². The lowest BCUT2D eigenvalue weighted by atomic mass is 9.89. The summed E-state index contributed by atoms with van der Waals surface area (Å²) in [7, 11) is 1.47. The molecule has 0 aliphatic carbocycles. The number of alkyl halides is 2. The summed E-state index contributed by atoms with van der Waals surface area (Å²) >= 11 is 0. The van der Waals surface area contributed by atoms with Crippen molar-refractivity contribution in [2.75, 3.05) is 13.7 Å². The summed E-state index contributed by atoms with van der Waals surface area (Å²) in [4.78, 5) is 23.6. The van der Waals surface area contributed by atoms with Crippen LogP contribution in [0.15, 0.2) is 29.2 Å². The number of halogens is 2. The molecular formula is C20H21F2NO5. The zero-order chi connectivity index (χ0) is 20.4. The van der Waals surface area contributed by atoms with E-state index in [1.54, 1.807) is 6.07 Å².